The monoisotopic (exact) mass is 403 g/mol. The zero-order chi connectivity index (χ0) is 20.2. The standard InChI is InChI=1S/C22H21N5OS/c1-3-27-21(18-10-6-4-8-15(18)2)25-26-22(27)29-14-20(28)24-17-12-16-9-5-7-11-19(16)23-13-17/h4-13H,3,14H2,1-2H3,(H,24,28). The first-order valence-electron chi connectivity index (χ1n) is 9.42. The summed E-state index contributed by atoms with van der Waals surface area (Å²) in [6.07, 6.45) is 1.68. The molecule has 0 atom stereocenters. The molecule has 4 aromatic rings. The first kappa shape index (κ1) is 19.1. The molecule has 0 bridgehead atoms. The summed E-state index contributed by atoms with van der Waals surface area (Å²) in [5, 5.41) is 13.3. The quantitative estimate of drug-likeness (QED) is 0.478. The van der Waals surface area contributed by atoms with Gasteiger partial charge in [0.15, 0.2) is 11.0 Å². The second-order valence-electron chi connectivity index (χ2n) is 6.62. The van der Waals surface area contributed by atoms with E-state index in [4.69, 9.17) is 0 Å². The smallest absolute Gasteiger partial charge is 0.234 e. The van der Waals surface area contributed by atoms with Crippen molar-refractivity contribution in [1.29, 1.82) is 0 Å². The lowest BCUT2D eigenvalue weighted by atomic mass is 10.1. The van der Waals surface area contributed by atoms with Crippen LogP contribution in [-0.4, -0.2) is 31.4 Å². The number of para-hydroxylation sites is 1. The van der Waals surface area contributed by atoms with Crippen LogP contribution in [0.1, 0.15) is 12.5 Å². The van der Waals surface area contributed by atoms with E-state index in [1.165, 1.54) is 11.8 Å². The number of hydrogen-bond acceptors (Lipinski definition) is 5. The van der Waals surface area contributed by atoms with E-state index in [9.17, 15) is 4.79 Å². The van der Waals surface area contributed by atoms with Gasteiger partial charge in [-0.15, -0.1) is 10.2 Å². The van der Waals surface area contributed by atoms with Crippen molar-refractivity contribution in [1.82, 2.24) is 19.7 Å². The van der Waals surface area contributed by atoms with Crippen LogP contribution in [0.5, 0.6) is 0 Å². The molecule has 0 aliphatic rings. The van der Waals surface area contributed by atoms with Gasteiger partial charge in [0.2, 0.25) is 5.91 Å². The van der Waals surface area contributed by atoms with Crippen molar-refractivity contribution in [2.24, 2.45) is 0 Å². The van der Waals surface area contributed by atoms with Crippen LogP contribution in [0, 0.1) is 6.92 Å². The lowest BCUT2D eigenvalue weighted by molar-refractivity contribution is -0.113. The molecule has 0 radical (unpaired) electrons. The Hall–Kier alpha value is -3.19. The molecular weight excluding hydrogens is 382 g/mol. The maximum absolute atomic E-state index is 12.4. The van der Waals surface area contributed by atoms with Crippen molar-refractivity contribution in [3.05, 3.63) is 66.4 Å². The molecule has 0 spiro atoms. The third-order valence-electron chi connectivity index (χ3n) is 4.63. The number of thioether (sulfide) groups is 1. The van der Waals surface area contributed by atoms with Crippen molar-refractivity contribution in [3.8, 4) is 11.4 Å². The Labute approximate surface area is 173 Å². The number of carbonyl (C=O) groups is 1. The first-order valence-corrected chi connectivity index (χ1v) is 10.4. The van der Waals surface area contributed by atoms with Crippen molar-refractivity contribution in [2.45, 2.75) is 25.5 Å². The Morgan fingerprint density at radius 1 is 1.10 bits per heavy atom. The minimum absolute atomic E-state index is 0.102. The number of hydrogen-bond donors (Lipinski definition) is 1. The molecule has 29 heavy (non-hydrogen) atoms. The molecule has 2 heterocycles. The van der Waals surface area contributed by atoms with E-state index in [2.05, 4.69) is 40.4 Å². The molecular formula is C22H21N5OS. The topological polar surface area (TPSA) is 72.7 Å². The van der Waals surface area contributed by atoms with E-state index < -0.39 is 0 Å². The van der Waals surface area contributed by atoms with Crippen LogP contribution in [0.3, 0.4) is 0 Å². The Morgan fingerprint density at radius 3 is 2.72 bits per heavy atom. The number of aryl methyl sites for hydroxylation is 1. The summed E-state index contributed by atoms with van der Waals surface area (Å²) in [6, 6.07) is 17.8. The first-order chi connectivity index (χ1) is 14.2. The van der Waals surface area contributed by atoms with E-state index in [1.807, 2.05) is 53.1 Å². The lowest BCUT2D eigenvalue weighted by Crippen LogP contribution is -2.14. The summed E-state index contributed by atoms with van der Waals surface area (Å²) in [7, 11) is 0. The molecule has 7 heteroatoms. The number of nitrogens with one attached hydrogen (secondary N) is 1. The molecule has 0 saturated carbocycles. The lowest BCUT2D eigenvalue weighted by Gasteiger charge is -2.09. The second-order valence-corrected chi connectivity index (χ2v) is 7.56. The number of anilines is 1. The van der Waals surface area contributed by atoms with E-state index in [0.717, 1.165) is 39.6 Å². The van der Waals surface area contributed by atoms with Crippen molar-refractivity contribution in [3.63, 3.8) is 0 Å². The number of amides is 1. The molecule has 0 aliphatic carbocycles. The van der Waals surface area contributed by atoms with Gasteiger partial charge in [-0.3, -0.25) is 9.78 Å². The Morgan fingerprint density at radius 2 is 1.90 bits per heavy atom. The summed E-state index contributed by atoms with van der Waals surface area (Å²) >= 11 is 1.38. The van der Waals surface area contributed by atoms with Crippen LogP contribution in [-0.2, 0) is 11.3 Å². The van der Waals surface area contributed by atoms with Crippen LogP contribution in [0.4, 0.5) is 5.69 Å². The molecule has 4 rings (SSSR count). The number of aromatic nitrogens is 4. The predicted octanol–water partition coefficient (Wildman–Crippen LogP) is 4.55. The Bertz CT molecular complexity index is 1170. The van der Waals surface area contributed by atoms with E-state index in [0.29, 0.717) is 5.69 Å². The fourth-order valence-electron chi connectivity index (χ4n) is 3.17. The highest BCUT2D eigenvalue weighted by Gasteiger charge is 2.16. The molecule has 1 amide bonds. The number of nitrogens with zero attached hydrogens (tertiary/aromatic N) is 4. The van der Waals surface area contributed by atoms with Gasteiger partial charge in [0, 0.05) is 17.5 Å². The van der Waals surface area contributed by atoms with Gasteiger partial charge in [0.05, 0.1) is 23.2 Å². The molecule has 2 aromatic heterocycles. The van der Waals surface area contributed by atoms with Crippen LogP contribution < -0.4 is 5.32 Å². The van der Waals surface area contributed by atoms with Crippen LogP contribution in [0.25, 0.3) is 22.3 Å². The number of rotatable bonds is 6. The molecule has 146 valence electrons. The zero-order valence-corrected chi connectivity index (χ0v) is 17.1. The Kier molecular flexibility index (Phi) is 5.57. The number of carbonyl (C=O) groups excluding carboxylic acids is 1. The molecule has 0 saturated heterocycles. The van der Waals surface area contributed by atoms with Gasteiger partial charge in [0.1, 0.15) is 0 Å². The minimum atomic E-state index is -0.102. The minimum Gasteiger partial charge on any atom is -0.324 e. The summed E-state index contributed by atoms with van der Waals surface area (Å²) < 4.78 is 2.04. The number of benzene rings is 2. The normalized spacial score (nSPS) is 11.0. The average Bonchev–Trinajstić information content (AvgIpc) is 3.15. The highest BCUT2D eigenvalue weighted by Crippen LogP contribution is 2.26. The van der Waals surface area contributed by atoms with E-state index in [1.54, 1.807) is 6.20 Å². The summed E-state index contributed by atoms with van der Waals surface area (Å²) in [5.74, 6) is 0.973. The van der Waals surface area contributed by atoms with Crippen molar-refractivity contribution in [2.75, 3.05) is 11.1 Å². The summed E-state index contributed by atoms with van der Waals surface area (Å²) in [5.41, 5.74) is 3.79. The highest BCUT2D eigenvalue weighted by molar-refractivity contribution is 7.99. The second kappa shape index (κ2) is 8.45. The summed E-state index contributed by atoms with van der Waals surface area (Å²) in [4.78, 5) is 16.8. The van der Waals surface area contributed by atoms with Gasteiger partial charge in [0.25, 0.3) is 0 Å². The van der Waals surface area contributed by atoms with Gasteiger partial charge in [-0.25, -0.2) is 0 Å². The van der Waals surface area contributed by atoms with Crippen molar-refractivity contribution >= 4 is 34.3 Å². The third kappa shape index (κ3) is 4.14. The average molecular weight is 404 g/mol. The van der Waals surface area contributed by atoms with Gasteiger partial charge < -0.3 is 9.88 Å². The molecule has 0 fully saturated rings. The largest absolute Gasteiger partial charge is 0.324 e. The highest BCUT2D eigenvalue weighted by atomic mass is 32.2. The summed E-state index contributed by atoms with van der Waals surface area (Å²) in [6.45, 7) is 4.84. The third-order valence-corrected chi connectivity index (χ3v) is 5.59. The van der Waals surface area contributed by atoms with Crippen molar-refractivity contribution < 1.29 is 4.79 Å². The molecule has 2 aromatic carbocycles. The van der Waals surface area contributed by atoms with Crippen LogP contribution in [0.2, 0.25) is 0 Å². The number of fused-ring (bicyclic) bond motifs is 1. The zero-order valence-electron chi connectivity index (χ0n) is 16.3. The SMILES string of the molecule is CCn1c(SCC(=O)Nc2cnc3ccccc3c2)nnc1-c1ccccc1C. The Balaban J connectivity index is 1.46. The van der Waals surface area contributed by atoms with Gasteiger partial charge in [-0.2, -0.15) is 0 Å². The van der Waals surface area contributed by atoms with E-state index >= 15 is 0 Å². The van der Waals surface area contributed by atoms with Crippen LogP contribution in [0.15, 0.2) is 66.0 Å². The van der Waals surface area contributed by atoms with E-state index in [-0.39, 0.29) is 11.7 Å². The van der Waals surface area contributed by atoms with Gasteiger partial charge in [-0.05, 0) is 31.5 Å². The fourth-order valence-corrected chi connectivity index (χ4v) is 3.97. The number of pyridine rings is 1. The van der Waals surface area contributed by atoms with Gasteiger partial charge in [-0.1, -0.05) is 54.2 Å². The maximum Gasteiger partial charge on any atom is 0.234 e. The molecule has 1 N–H and O–H groups in total. The fraction of sp³-hybridized carbons (Fsp3) is 0.182. The predicted molar refractivity (Wildman–Crippen MR) is 117 cm³/mol. The maximum atomic E-state index is 12.4. The van der Waals surface area contributed by atoms with Crippen LogP contribution >= 0.6 is 11.8 Å². The molecule has 0 unspecified atom stereocenters. The molecule has 0 aliphatic heterocycles. The van der Waals surface area contributed by atoms with Gasteiger partial charge >= 0.3 is 0 Å². The molecule has 6 nitrogen and oxygen atoms in total.